The largest absolute Gasteiger partial charge is 0.461 e. The average molecular weight is 390 g/mol. The van der Waals surface area contributed by atoms with Crippen LogP contribution in [-0.2, 0) is 27.8 Å². The molecule has 0 saturated heterocycles. The lowest BCUT2D eigenvalue weighted by Crippen LogP contribution is -2.13. The fourth-order valence-corrected chi connectivity index (χ4v) is 3.46. The van der Waals surface area contributed by atoms with Gasteiger partial charge in [0.25, 0.3) is 0 Å². The zero-order chi connectivity index (χ0) is 19.7. The van der Waals surface area contributed by atoms with Gasteiger partial charge in [-0.15, -0.1) is 0 Å². The molecular weight excluding hydrogens is 373 g/mol. The number of hydrogen-bond acceptors (Lipinski definition) is 5. The molecule has 1 heterocycles. The van der Waals surface area contributed by atoms with E-state index in [-0.39, 0.29) is 29.4 Å². The Labute approximate surface area is 148 Å². The molecule has 0 unspecified atom stereocenters. The Morgan fingerprint density at radius 2 is 1.92 bits per heavy atom. The Balaban J connectivity index is 2.69. The summed E-state index contributed by atoms with van der Waals surface area (Å²) in [5.41, 5.74) is -1.03. The number of hydrogen-bond donors (Lipinski definition) is 0. The normalized spacial score (nSPS) is 12.2. The zero-order valence-corrected chi connectivity index (χ0v) is 15.1. The van der Waals surface area contributed by atoms with E-state index < -0.39 is 32.4 Å². The van der Waals surface area contributed by atoms with Crippen LogP contribution < -0.4 is 0 Å². The molecule has 0 fully saturated rings. The Kier molecular flexibility index (Phi) is 5.45. The number of aromatic nitrogens is 2. The number of carbonyl (C=O) groups excluding carboxylic acids is 1. The van der Waals surface area contributed by atoms with Crippen LogP contribution in [0.2, 0.25) is 0 Å². The molecule has 1 aromatic heterocycles. The van der Waals surface area contributed by atoms with Gasteiger partial charge in [-0.1, -0.05) is 6.92 Å². The van der Waals surface area contributed by atoms with E-state index in [0.29, 0.717) is 6.07 Å². The highest BCUT2D eigenvalue weighted by Crippen LogP contribution is 2.35. The monoisotopic (exact) mass is 390 g/mol. The van der Waals surface area contributed by atoms with Gasteiger partial charge in [-0.05, 0) is 25.1 Å². The first kappa shape index (κ1) is 20.0. The third-order valence-electron chi connectivity index (χ3n) is 3.74. The minimum atomic E-state index is -4.69. The van der Waals surface area contributed by atoms with Gasteiger partial charge in [-0.2, -0.15) is 13.2 Å². The first-order valence-electron chi connectivity index (χ1n) is 7.66. The van der Waals surface area contributed by atoms with Crippen LogP contribution in [0.1, 0.15) is 29.9 Å². The number of sulfone groups is 1. The predicted octanol–water partition coefficient (Wildman–Crippen LogP) is 3.08. The first-order chi connectivity index (χ1) is 12.0. The highest BCUT2D eigenvalue weighted by molar-refractivity contribution is 7.91. The SMILES string of the molecule is CCOC(=O)c1cnc(-c2ccc(C(F)(F)F)cc2S(=O)(=O)CC)n1C. The molecule has 0 bridgehead atoms. The molecule has 1 aromatic carbocycles. The second-order valence-corrected chi connectivity index (χ2v) is 7.61. The minimum Gasteiger partial charge on any atom is -0.461 e. The second kappa shape index (κ2) is 7.10. The standard InChI is InChI=1S/C16H17F3N2O4S/c1-4-25-15(22)12-9-20-14(21(12)3)11-7-6-10(16(17,18)19)8-13(11)26(23,24)5-2/h6-9H,4-5H2,1-3H3. The maximum absolute atomic E-state index is 13.0. The lowest BCUT2D eigenvalue weighted by molar-refractivity contribution is -0.137. The first-order valence-corrected chi connectivity index (χ1v) is 9.31. The lowest BCUT2D eigenvalue weighted by Gasteiger charge is -2.14. The molecule has 142 valence electrons. The molecule has 6 nitrogen and oxygen atoms in total. The van der Waals surface area contributed by atoms with Gasteiger partial charge in [-0.25, -0.2) is 18.2 Å². The van der Waals surface area contributed by atoms with Gasteiger partial charge in [0.15, 0.2) is 9.84 Å². The number of ether oxygens (including phenoxy) is 1. The van der Waals surface area contributed by atoms with Crippen molar-refractivity contribution in [1.29, 1.82) is 0 Å². The van der Waals surface area contributed by atoms with Crippen molar-refractivity contribution in [3.8, 4) is 11.4 Å². The maximum Gasteiger partial charge on any atom is 0.416 e. The number of esters is 1. The Morgan fingerprint density at radius 1 is 1.27 bits per heavy atom. The fourth-order valence-electron chi connectivity index (χ4n) is 2.35. The summed E-state index contributed by atoms with van der Waals surface area (Å²) >= 11 is 0. The molecule has 0 aliphatic rings. The number of imidazole rings is 1. The van der Waals surface area contributed by atoms with E-state index in [1.807, 2.05) is 0 Å². The van der Waals surface area contributed by atoms with Gasteiger partial charge in [0.2, 0.25) is 0 Å². The topological polar surface area (TPSA) is 78.3 Å². The average Bonchev–Trinajstić information content (AvgIpc) is 2.95. The van der Waals surface area contributed by atoms with Crippen molar-refractivity contribution in [2.24, 2.45) is 7.05 Å². The molecule has 2 aromatic rings. The number of carbonyl (C=O) groups is 1. The van der Waals surface area contributed by atoms with Crippen LogP contribution in [0.3, 0.4) is 0 Å². The molecule has 0 N–H and O–H groups in total. The van der Waals surface area contributed by atoms with E-state index in [1.54, 1.807) is 6.92 Å². The molecule has 0 spiro atoms. The Morgan fingerprint density at radius 3 is 2.46 bits per heavy atom. The lowest BCUT2D eigenvalue weighted by atomic mass is 10.1. The van der Waals surface area contributed by atoms with E-state index in [1.165, 1.54) is 24.7 Å². The van der Waals surface area contributed by atoms with Crippen molar-refractivity contribution < 1.29 is 31.1 Å². The van der Waals surface area contributed by atoms with E-state index in [2.05, 4.69) is 4.98 Å². The van der Waals surface area contributed by atoms with E-state index in [0.717, 1.165) is 12.1 Å². The summed E-state index contributed by atoms with van der Waals surface area (Å²) in [6.45, 7) is 3.09. The van der Waals surface area contributed by atoms with Crippen LogP contribution in [0.5, 0.6) is 0 Å². The summed E-state index contributed by atoms with van der Waals surface area (Å²) in [5.74, 6) is -0.995. The third-order valence-corrected chi connectivity index (χ3v) is 5.51. The second-order valence-electron chi connectivity index (χ2n) is 5.36. The molecule has 0 saturated carbocycles. The molecule has 0 radical (unpaired) electrons. The van der Waals surface area contributed by atoms with Crippen molar-refractivity contribution >= 4 is 15.8 Å². The number of rotatable bonds is 5. The van der Waals surface area contributed by atoms with Crippen molar-refractivity contribution in [1.82, 2.24) is 9.55 Å². The predicted molar refractivity (Wildman–Crippen MR) is 87.3 cm³/mol. The molecule has 0 amide bonds. The highest BCUT2D eigenvalue weighted by Gasteiger charge is 2.33. The quantitative estimate of drug-likeness (QED) is 0.733. The summed E-state index contributed by atoms with van der Waals surface area (Å²) < 4.78 is 69.8. The van der Waals surface area contributed by atoms with Crippen molar-refractivity contribution in [3.63, 3.8) is 0 Å². The van der Waals surface area contributed by atoms with Gasteiger partial charge >= 0.3 is 12.1 Å². The van der Waals surface area contributed by atoms with E-state index in [9.17, 15) is 26.4 Å². The molecular formula is C16H17F3N2O4S. The number of halogens is 3. The van der Waals surface area contributed by atoms with E-state index >= 15 is 0 Å². The molecule has 0 aliphatic carbocycles. The van der Waals surface area contributed by atoms with Gasteiger partial charge in [0.05, 0.1) is 29.0 Å². The van der Waals surface area contributed by atoms with Gasteiger partial charge in [0, 0.05) is 12.6 Å². The van der Waals surface area contributed by atoms with E-state index in [4.69, 9.17) is 4.74 Å². The summed E-state index contributed by atoms with van der Waals surface area (Å²) in [6.07, 6.45) is -3.50. The molecule has 0 aliphatic heterocycles. The molecule has 0 atom stereocenters. The molecule has 10 heteroatoms. The fraction of sp³-hybridized carbons (Fsp3) is 0.375. The van der Waals surface area contributed by atoms with Crippen LogP contribution in [0.25, 0.3) is 11.4 Å². The molecule has 2 rings (SSSR count). The summed E-state index contributed by atoms with van der Waals surface area (Å²) in [5, 5.41) is 0. The maximum atomic E-state index is 13.0. The zero-order valence-electron chi connectivity index (χ0n) is 14.3. The molecule has 26 heavy (non-hydrogen) atoms. The summed E-state index contributed by atoms with van der Waals surface area (Å²) in [6, 6.07) is 2.41. The summed E-state index contributed by atoms with van der Waals surface area (Å²) in [7, 11) is -2.51. The number of alkyl halides is 3. The van der Waals surface area contributed by atoms with Gasteiger partial charge in [0.1, 0.15) is 11.5 Å². The van der Waals surface area contributed by atoms with Crippen LogP contribution in [0.15, 0.2) is 29.3 Å². The van der Waals surface area contributed by atoms with Crippen LogP contribution in [-0.4, -0.2) is 36.3 Å². The Hall–Kier alpha value is -2.36. The number of nitrogens with zero attached hydrogens (tertiary/aromatic N) is 2. The van der Waals surface area contributed by atoms with Crippen molar-refractivity contribution in [2.75, 3.05) is 12.4 Å². The number of benzene rings is 1. The van der Waals surface area contributed by atoms with Crippen LogP contribution in [0, 0.1) is 0 Å². The highest BCUT2D eigenvalue weighted by atomic mass is 32.2. The Bertz CT molecular complexity index is 933. The van der Waals surface area contributed by atoms with Crippen LogP contribution >= 0.6 is 0 Å². The summed E-state index contributed by atoms with van der Waals surface area (Å²) in [4.78, 5) is 15.4. The van der Waals surface area contributed by atoms with Crippen molar-refractivity contribution in [3.05, 3.63) is 35.7 Å². The van der Waals surface area contributed by atoms with Gasteiger partial charge < -0.3 is 9.30 Å². The van der Waals surface area contributed by atoms with Crippen molar-refractivity contribution in [2.45, 2.75) is 24.9 Å². The third kappa shape index (κ3) is 3.74. The van der Waals surface area contributed by atoms with Gasteiger partial charge in [-0.3, -0.25) is 0 Å². The minimum absolute atomic E-state index is 0.0158. The van der Waals surface area contributed by atoms with Crippen LogP contribution in [0.4, 0.5) is 13.2 Å². The smallest absolute Gasteiger partial charge is 0.416 e.